The first-order chi connectivity index (χ1) is 10.1. The highest BCUT2D eigenvalue weighted by Gasteiger charge is 2.22. The highest BCUT2D eigenvalue weighted by Crippen LogP contribution is 2.13. The summed E-state index contributed by atoms with van der Waals surface area (Å²) in [6.45, 7) is 5.96. The molecule has 0 spiro atoms. The van der Waals surface area contributed by atoms with E-state index in [0.717, 1.165) is 25.1 Å². The lowest BCUT2D eigenvalue weighted by molar-refractivity contribution is -0.127. The number of nitrogens with one attached hydrogen (secondary N) is 1. The third-order valence-electron chi connectivity index (χ3n) is 3.77. The summed E-state index contributed by atoms with van der Waals surface area (Å²) in [5.74, 6) is 0.0636. The third-order valence-corrected chi connectivity index (χ3v) is 4.03. The van der Waals surface area contributed by atoms with Crippen LogP contribution < -0.4 is 5.32 Å². The second-order valence-electron chi connectivity index (χ2n) is 5.76. The van der Waals surface area contributed by atoms with Crippen molar-refractivity contribution < 1.29 is 4.79 Å². The molecule has 0 aliphatic carbocycles. The molecule has 1 N–H and O–H groups in total. The SMILES string of the molecule is CC(C)N(CC1CCCN1)C(=O)/C=C/c1ccc(Cl)cc1. The van der Waals surface area contributed by atoms with E-state index in [0.29, 0.717) is 11.1 Å². The standard InChI is InChI=1S/C17H23ClN2O/c1-13(2)20(12-16-4-3-11-19-16)17(21)10-7-14-5-8-15(18)9-6-14/h5-10,13,16,19H,3-4,11-12H2,1-2H3/b10-7+. The monoisotopic (exact) mass is 306 g/mol. The van der Waals surface area contributed by atoms with E-state index in [1.807, 2.05) is 35.2 Å². The Bertz CT molecular complexity index is 490. The molecule has 1 unspecified atom stereocenters. The molecule has 2 rings (SSSR count). The summed E-state index contributed by atoms with van der Waals surface area (Å²) in [7, 11) is 0. The molecule has 1 aliphatic rings. The second kappa shape index (κ2) is 7.62. The average Bonchev–Trinajstić information content (AvgIpc) is 2.96. The van der Waals surface area contributed by atoms with Crippen LogP contribution in [0.15, 0.2) is 30.3 Å². The summed E-state index contributed by atoms with van der Waals surface area (Å²) >= 11 is 5.86. The van der Waals surface area contributed by atoms with Gasteiger partial charge in [0.2, 0.25) is 5.91 Å². The fourth-order valence-corrected chi connectivity index (χ4v) is 2.67. The normalized spacial score (nSPS) is 18.6. The van der Waals surface area contributed by atoms with Crippen LogP contribution in [-0.4, -0.2) is 36.0 Å². The smallest absolute Gasteiger partial charge is 0.246 e. The van der Waals surface area contributed by atoms with Gasteiger partial charge in [-0.15, -0.1) is 0 Å². The van der Waals surface area contributed by atoms with Crippen LogP contribution in [0, 0.1) is 0 Å². The molecule has 0 bridgehead atoms. The van der Waals surface area contributed by atoms with Crippen molar-refractivity contribution in [1.82, 2.24) is 10.2 Å². The molecule has 1 fully saturated rings. The van der Waals surface area contributed by atoms with Gasteiger partial charge in [0, 0.05) is 29.7 Å². The van der Waals surface area contributed by atoms with Gasteiger partial charge < -0.3 is 10.2 Å². The lowest BCUT2D eigenvalue weighted by Gasteiger charge is -2.28. The topological polar surface area (TPSA) is 32.3 Å². The van der Waals surface area contributed by atoms with E-state index in [1.165, 1.54) is 6.42 Å². The van der Waals surface area contributed by atoms with Crippen LogP contribution in [0.5, 0.6) is 0 Å². The fourth-order valence-electron chi connectivity index (χ4n) is 2.54. The van der Waals surface area contributed by atoms with Crippen molar-refractivity contribution in [1.29, 1.82) is 0 Å². The Balaban J connectivity index is 1.98. The fraction of sp³-hybridized carbons (Fsp3) is 0.471. The van der Waals surface area contributed by atoms with Crippen molar-refractivity contribution in [2.24, 2.45) is 0 Å². The van der Waals surface area contributed by atoms with Gasteiger partial charge in [-0.05, 0) is 57.0 Å². The molecule has 0 radical (unpaired) electrons. The minimum Gasteiger partial charge on any atom is -0.335 e. The third kappa shape index (κ3) is 4.87. The molecule has 114 valence electrons. The first kappa shape index (κ1) is 16.1. The molecule has 0 saturated carbocycles. The number of amides is 1. The lowest BCUT2D eigenvalue weighted by atomic mass is 10.1. The molecular formula is C17H23ClN2O. The van der Waals surface area contributed by atoms with E-state index < -0.39 is 0 Å². The Morgan fingerprint density at radius 3 is 2.71 bits per heavy atom. The summed E-state index contributed by atoms with van der Waals surface area (Å²) in [5, 5.41) is 4.15. The Morgan fingerprint density at radius 2 is 2.14 bits per heavy atom. The number of hydrogen-bond donors (Lipinski definition) is 1. The number of rotatable bonds is 5. The van der Waals surface area contributed by atoms with Crippen molar-refractivity contribution >= 4 is 23.6 Å². The minimum atomic E-state index is 0.0636. The highest BCUT2D eigenvalue weighted by atomic mass is 35.5. The number of benzene rings is 1. The van der Waals surface area contributed by atoms with Gasteiger partial charge in [0.05, 0.1) is 0 Å². The Morgan fingerprint density at radius 1 is 1.43 bits per heavy atom. The average molecular weight is 307 g/mol. The van der Waals surface area contributed by atoms with E-state index in [9.17, 15) is 4.79 Å². The molecule has 1 aliphatic heterocycles. The van der Waals surface area contributed by atoms with Crippen LogP contribution in [-0.2, 0) is 4.79 Å². The van der Waals surface area contributed by atoms with Crippen LogP contribution in [0.1, 0.15) is 32.3 Å². The van der Waals surface area contributed by atoms with Gasteiger partial charge in [-0.1, -0.05) is 23.7 Å². The van der Waals surface area contributed by atoms with E-state index in [1.54, 1.807) is 6.08 Å². The van der Waals surface area contributed by atoms with Crippen LogP contribution in [0.2, 0.25) is 5.02 Å². The predicted octanol–water partition coefficient (Wildman–Crippen LogP) is 3.34. The maximum atomic E-state index is 12.4. The minimum absolute atomic E-state index is 0.0636. The van der Waals surface area contributed by atoms with Gasteiger partial charge in [0.15, 0.2) is 0 Å². The summed E-state index contributed by atoms with van der Waals surface area (Å²) in [6, 6.07) is 8.10. The van der Waals surface area contributed by atoms with Gasteiger partial charge >= 0.3 is 0 Å². The summed E-state index contributed by atoms with van der Waals surface area (Å²) in [6.07, 6.45) is 5.84. The van der Waals surface area contributed by atoms with Gasteiger partial charge in [-0.25, -0.2) is 0 Å². The second-order valence-corrected chi connectivity index (χ2v) is 6.20. The molecule has 1 amide bonds. The van der Waals surface area contributed by atoms with E-state index in [-0.39, 0.29) is 11.9 Å². The largest absolute Gasteiger partial charge is 0.335 e. The quantitative estimate of drug-likeness (QED) is 0.846. The molecule has 4 heteroatoms. The van der Waals surface area contributed by atoms with Crippen molar-refractivity contribution in [2.75, 3.05) is 13.1 Å². The Hall–Kier alpha value is -1.32. The Labute approximate surface area is 132 Å². The van der Waals surface area contributed by atoms with Crippen molar-refractivity contribution in [3.8, 4) is 0 Å². The number of carbonyl (C=O) groups is 1. The van der Waals surface area contributed by atoms with Crippen molar-refractivity contribution in [3.05, 3.63) is 40.9 Å². The van der Waals surface area contributed by atoms with Gasteiger partial charge in [-0.2, -0.15) is 0 Å². The zero-order valence-electron chi connectivity index (χ0n) is 12.7. The lowest BCUT2D eigenvalue weighted by Crippen LogP contribution is -2.44. The highest BCUT2D eigenvalue weighted by molar-refractivity contribution is 6.30. The Kier molecular flexibility index (Phi) is 5.83. The maximum Gasteiger partial charge on any atom is 0.246 e. The first-order valence-electron chi connectivity index (χ1n) is 7.54. The van der Waals surface area contributed by atoms with Crippen LogP contribution in [0.25, 0.3) is 6.08 Å². The zero-order chi connectivity index (χ0) is 15.2. The van der Waals surface area contributed by atoms with Gasteiger partial charge in [-0.3, -0.25) is 4.79 Å². The van der Waals surface area contributed by atoms with E-state index >= 15 is 0 Å². The number of halogens is 1. The van der Waals surface area contributed by atoms with Crippen molar-refractivity contribution in [2.45, 2.75) is 38.8 Å². The summed E-state index contributed by atoms with van der Waals surface area (Å²) in [4.78, 5) is 14.3. The van der Waals surface area contributed by atoms with Crippen LogP contribution in [0.3, 0.4) is 0 Å². The van der Waals surface area contributed by atoms with E-state index in [4.69, 9.17) is 11.6 Å². The first-order valence-corrected chi connectivity index (χ1v) is 7.91. The molecule has 1 aromatic carbocycles. The molecular weight excluding hydrogens is 284 g/mol. The molecule has 1 atom stereocenters. The number of hydrogen-bond acceptors (Lipinski definition) is 2. The molecule has 1 aromatic rings. The zero-order valence-corrected chi connectivity index (χ0v) is 13.4. The van der Waals surface area contributed by atoms with E-state index in [2.05, 4.69) is 19.2 Å². The number of carbonyl (C=O) groups excluding carboxylic acids is 1. The van der Waals surface area contributed by atoms with Gasteiger partial charge in [0.25, 0.3) is 0 Å². The van der Waals surface area contributed by atoms with Crippen molar-refractivity contribution in [3.63, 3.8) is 0 Å². The molecule has 21 heavy (non-hydrogen) atoms. The molecule has 3 nitrogen and oxygen atoms in total. The van der Waals surface area contributed by atoms with Crippen LogP contribution in [0.4, 0.5) is 0 Å². The molecule has 1 heterocycles. The summed E-state index contributed by atoms with van der Waals surface area (Å²) in [5.41, 5.74) is 0.982. The molecule has 1 saturated heterocycles. The van der Waals surface area contributed by atoms with Crippen LogP contribution >= 0.6 is 11.6 Å². The summed E-state index contributed by atoms with van der Waals surface area (Å²) < 4.78 is 0. The predicted molar refractivity (Wildman–Crippen MR) is 88.4 cm³/mol. The maximum absolute atomic E-state index is 12.4. The van der Waals surface area contributed by atoms with Gasteiger partial charge in [0.1, 0.15) is 0 Å². The molecule has 0 aromatic heterocycles. The number of nitrogens with zero attached hydrogens (tertiary/aromatic N) is 1.